The second-order valence-corrected chi connectivity index (χ2v) is 7.37. The van der Waals surface area contributed by atoms with E-state index in [1.54, 1.807) is 18.2 Å². The van der Waals surface area contributed by atoms with Gasteiger partial charge in [-0.3, -0.25) is 0 Å². The molecule has 0 amide bonds. The van der Waals surface area contributed by atoms with Crippen LogP contribution in [0.3, 0.4) is 0 Å². The fourth-order valence-electron chi connectivity index (χ4n) is 3.13. The van der Waals surface area contributed by atoms with Crippen molar-refractivity contribution < 1.29 is 28.8 Å². The summed E-state index contributed by atoms with van der Waals surface area (Å²) in [7, 11) is 0. The van der Waals surface area contributed by atoms with E-state index in [9.17, 15) is 24.1 Å². The first-order chi connectivity index (χ1) is 12.7. The summed E-state index contributed by atoms with van der Waals surface area (Å²) in [6.07, 6.45) is -4.85. The van der Waals surface area contributed by atoms with Gasteiger partial charge < -0.3 is 20.1 Å². The number of aromatic hydroxyl groups is 1. The van der Waals surface area contributed by atoms with Crippen molar-refractivity contribution in [1.29, 1.82) is 0 Å². The second-order valence-electron chi connectivity index (χ2n) is 6.53. The van der Waals surface area contributed by atoms with Gasteiger partial charge in [0.1, 0.15) is 18.0 Å². The lowest BCUT2D eigenvalue weighted by Gasteiger charge is -2.39. The second kappa shape index (κ2) is 7.89. The molecule has 4 nitrogen and oxygen atoms in total. The standard InChI is InChI=1S/C19H18Cl2F2O4/c20-12-3-1-10(2-4-12)5-11-6-13(15(25)7-14(11)21)16-8-17(26)19(22,23)18(9-24)27-16/h1-4,6-7,16-18,24-26H,5,8-9H2. The van der Waals surface area contributed by atoms with Gasteiger partial charge in [0.2, 0.25) is 0 Å². The summed E-state index contributed by atoms with van der Waals surface area (Å²) in [5.41, 5.74) is 1.81. The minimum Gasteiger partial charge on any atom is -0.508 e. The van der Waals surface area contributed by atoms with E-state index >= 15 is 0 Å². The third kappa shape index (κ3) is 4.20. The quantitative estimate of drug-likeness (QED) is 0.698. The van der Waals surface area contributed by atoms with Crippen molar-refractivity contribution in [2.75, 3.05) is 6.61 Å². The number of aliphatic hydroxyl groups excluding tert-OH is 2. The number of benzene rings is 2. The maximum atomic E-state index is 13.9. The van der Waals surface area contributed by atoms with E-state index in [-0.39, 0.29) is 11.3 Å². The van der Waals surface area contributed by atoms with Crippen LogP contribution in [-0.4, -0.2) is 40.1 Å². The van der Waals surface area contributed by atoms with Gasteiger partial charge in [-0.05, 0) is 41.8 Å². The van der Waals surface area contributed by atoms with E-state index in [1.807, 2.05) is 12.1 Å². The SMILES string of the molecule is OCC1OC(c2cc(Cc3ccc(Cl)cc3)c(Cl)cc2O)CC(O)C1(F)F. The molecule has 1 saturated heterocycles. The van der Waals surface area contributed by atoms with E-state index in [0.29, 0.717) is 22.0 Å². The molecule has 3 unspecified atom stereocenters. The van der Waals surface area contributed by atoms with Gasteiger partial charge in [0.15, 0.2) is 0 Å². The maximum Gasteiger partial charge on any atom is 0.301 e. The first-order valence-corrected chi connectivity index (χ1v) is 9.06. The van der Waals surface area contributed by atoms with Gasteiger partial charge in [-0.1, -0.05) is 35.3 Å². The highest BCUT2D eigenvalue weighted by molar-refractivity contribution is 6.31. The minimum atomic E-state index is -3.57. The van der Waals surface area contributed by atoms with Crippen LogP contribution in [-0.2, 0) is 11.2 Å². The van der Waals surface area contributed by atoms with Crippen LogP contribution in [0.1, 0.15) is 29.2 Å². The fourth-order valence-corrected chi connectivity index (χ4v) is 3.48. The molecule has 27 heavy (non-hydrogen) atoms. The van der Waals surface area contributed by atoms with E-state index in [2.05, 4.69) is 0 Å². The van der Waals surface area contributed by atoms with Crippen LogP contribution in [0, 0.1) is 0 Å². The largest absolute Gasteiger partial charge is 0.508 e. The normalized spacial score (nSPS) is 24.7. The van der Waals surface area contributed by atoms with Gasteiger partial charge in [0.25, 0.3) is 0 Å². The van der Waals surface area contributed by atoms with Crippen LogP contribution in [0.15, 0.2) is 36.4 Å². The lowest BCUT2D eigenvalue weighted by Crippen LogP contribution is -2.53. The molecular weight excluding hydrogens is 401 g/mol. The van der Waals surface area contributed by atoms with E-state index in [0.717, 1.165) is 5.56 Å². The lowest BCUT2D eigenvalue weighted by atomic mass is 9.91. The smallest absolute Gasteiger partial charge is 0.301 e. The van der Waals surface area contributed by atoms with Gasteiger partial charge in [-0.2, -0.15) is 0 Å². The Labute approximate surface area is 164 Å². The third-order valence-electron chi connectivity index (χ3n) is 4.66. The number of alkyl halides is 2. The van der Waals surface area contributed by atoms with Crippen molar-refractivity contribution in [3.63, 3.8) is 0 Å². The summed E-state index contributed by atoms with van der Waals surface area (Å²) >= 11 is 12.1. The topological polar surface area (TPSA) is 69.9 Å². The first kappa shape index (κ1) is 20.3. The number of rotatable bonds is 4. The van der Waals surface area contributed by atoms with Crippen LogP contribution in [0.2, 0.25) is 10.0 Å². The highest BCUT2D eigenvalue weighted by atomic mass is 35.5. The predicted molar refractivity (Wildman–Crippen MR) is 97.6 cm³/mol. The molecule has 3 N–H and O–H groups in total. The van der Waals surface area contributed by atoms with Crippen LogP contribution in [0.25, 0.3) is 0 Å². The van der Waals surface area contributed by atoms with E-state index in [1.165, 1.54) is 6.07 Å². The maximum absolute atomic E-state index is 13.9. The van der Waals surface area contributed by atoms with Gasteiger partial charge in [0, 0.05) is 22.0 Å². The number of phenolic OH excluding ortho intramolecular Hbond substituents is 1. The monoisotopic (exact) mass is 418 g/mol. The Kier molecular flexibility index (Phi) is 5.93. The number of hydrogen-bond donors (Lipinski definition) is 3. The molecule has 1 fully saturated rings. The molecular formula is C19H18Cl2F2O4. The van der Waals surface area contributed by atoms with E-state index in [4.69, 9.17) is 27.9 Å². The van der Waals surface area contributed by atoms with Crippen LogP contribution in [0.4, 0.5) is 8.78 Å². The fraction of sp³-hybridized carbons (Fsp3) is 0.368. The van der Waals surface area contributed by atoms with Crippen molar-refractivity contribution in [1.82, 2.24) is 0 Å². The van der Waals surface area contributed by atoms with Crippen LogP contribution in [0.5, 0.6) is 5.75 Å². The molecule has 146 valence electrons. The van der Waals surface area contributed by atoms with Gasteiger partial charge in [-0.25, -0.2) is 8.78 Å². The average molecular weight is 419 g/mol. The molecule has 1 heterocycles. The Balaban J connectivity index is 1.90. The molecule has 0 spiro atoms. The Hall–Kier alpha value is -1.44. The summed E-state index contributed by atoms with van der Waals surface area (Å²) in [5.74, 6) is -3.79. The number of hydrogen-bond acceptors (Lipinski definition) is 4. The molecule has 0 aliphatic carbocycles. The zero-order valence-electron chi connectivity index (χ0n) is 14.1. The summed E-state index contributed by atoms with van der Waals surface area (Å²) in [6.45, 7) is -0.952. The molecule has 3 rings (SSSR count). The molecule has 1 aliphatic heterocycles. The van der Waals surface area contributed by atoms with Crippen molar-refractivity contribution in [3.8, 4) is 5.75 Å². The Bertz CT molecular complexity index is 814. The summed E-state index contributed by atoms with van der Waals surface area (Å²) in [6, 6.07) is 10.0. The summed E-state index contributed by atoms with van der Waals surface area (Å²) in [4.78, 5) is 0. The number of halogens is 4. The molecule has 0 bridgehead atoms. The Morgan fingerprint density at radius 2 is 1.81 bits per heavy atom. The molecule has 8 heteroatoms. The third-order valence-corrected chi connectivity index (χ3v) is 5.26. The van der Waals surface area contributed by atoms with Gasteiger partial charge >= 0.3 is 5.92 Å². The Morgan fingerprint density at radius 3 is 2.44 bits per heavy atom. The molecule has 2 aromatic rings. The molecule has 1 aliphatic rings. The molecule has 0 saturated carbocycles. The lowest BCUT2D eigenvalue weighted by molar-refractivity contribution is -0.259. The minimum absolute atomic E-state index is 0.223. The van der Waals surface area contributed by atoms with Gasteiger partial charge in [0.05, 0.1) is 12.7 Å². The van der Waals surface area contributed by atoms with Gasteiger partial charge in [-0.15, -0.1) is 0 Å². The molecule has 0 aromatic heterocycles. The highest BCUT2D eigenvalue weighted by Crippen LogP contribution is 2.43. The van der Waals surface area contributed by atoms with Crippen molar-refractivity contribution in [2.24, 2.45) is 0 Å². The highest BCUT2D eigenvalue weighted by Gasteiger charge is 2.53. The van der Waals surface area contributed by atoms with Crippen molar-refractivity contribution in [2.45, 2.75) is 37.1 Å². The summed E-state index contributed by atoms with van der Waals surface area (Å²) in [5, 5.41) is 30.1. The number of phenols is 1. The van der Waals surface area contributed by atoms with Crippen LogP contribution >= 0.6 is 23.2 Å². The zero-order chi connectivity index (χ0) is 19.8. The predicted octanol–water partition coefficient (Wildman–Crippen LogP) is 4.11. The molecule has 0 radical (unpaired) electrons. The number of ether oxygens (including phenoxy) is 1. The van der Waals surface area contributed by atoms with Crippen LogP contribution < -0.4 is 0 Å². The Morgan fingerprint density at radius 1 is 1.15 bits per heavy atom. The van der Waals surface area contributed by atoms with E-state index < -0.39 is 37.3 Å². The zero-order valence-corrected chi connectivity index (χ0v) is 15.6. The number of aliphatic hydroxyl groups is 2. The average Bonchev–Trinajstić information content (AvgIpc) is 2.61. The first-order valence-electron chi connectivity index (χ1n) is 8.30. The van der Waals surface area contributed by atoms with Crippen molar-refractivity contribution >= 4 is 23.2 Å². The summed E-state index contributed by atoms with van der Waals surface area (Å²) < 4.78 is 33.0. The molecule has 3 atom stereocenters. The van der Waals surface area contributed by atoms with Crippen molar-refractivity contribution in [3.05, 3.63) is 63.1 Å². The molecule has 2 aromatic carbocycles.